The van der Waals surface area contributed by atoms with Gasteiger partial charge in [0.25, 0.3) is 5.91 Å². The number of rotatable bonds is 3. The maximum Gasteiger partial charge on any atom is 0.254 e. The van der Waals surface area contributed by atoms with Crippen molar-refractivity contribution in [1.29, 1.82) is 0 Å². The van der Waals surface area contributed by atoms with Crippen LogP contribution >= 0.6 is 0 Å². The first-order valence-electron chi connectivity index (χ1n) is 7.62. The van der Waals surface area contributed by atoms with E-state index in [4.69, 9.17) is 4.42 Å². The van der Waals surface area contributed by atoms with Crippen LogP contribution < -0.4 is 0 Å². The number of benzene rings is 1. The average molecular weight is 297 g/mol. The Hall–Kier alpha value is -2.36. The van der Waals surface area contributed by atoms with Crippen LogP contribution in [0.4, 0.5) is 0 Å². The summed E-state index contributed by atoms with van der Waals surface area (Å²) in [5.74, 6) is 1.53. The standard InChI is InChI=1S/C18H19NO3/c1-13-8-10-19(11-9-13)18(21)16-5-3-2-4-15(16)17-7-6-14(12-20)22-17/h2-7,12-13H,8-11H2,1H3. The van der Waals surface area contributed by atoms with E-state index in [1.54, 1.807) is 12.1 Å². The molecule has 0 saturated carbocycles. The number of aldehydes is 1. The van der Waals surface area contributed by atoms with Crippen LogP contribution in [0.2, 0.25) is 0 Å². The summed E-state index contributed by atoms with van der Waals surface area (Å²) < 4.78 is 5.48. The smallest absolute Gasteiger partial charge is 0.254 e. The minimum Gasteiger partial charge on any atom is -0.453 e. The first kappa shape index (κ1) is 14.6. The van der Waals surface area contributed by atoms with Gasteiger partial charge in [-0.2, -0.15) is 0 Å². The summed E-state index contributed by atoms with van der Waals surface area (Å²) in [4.78, 5) is 25.5. The molecule has 1 aliphatic rings. The quantitative estimate of drug-likeness (QED) is 0.813. The molecule has 1 aliphatic heterocycles. The molecule has 2 heterocycles. The zero-order chi connectivity index (χ0) is 15.5. The van der Waals surface area contributed by atoms with Gasteiger partial charge in [0.2, 0.25) is 0 Å². The minimum atomic E-state index is 0.0338. The SMILES string of the molecule is CC1CCN(C(=O)c2ccccc2-c2ccc(C=O)o2)CC1. The summed E-state index contributed by atoms with van der Waals surface area (Å²) >= 11 is 0. The van der Waals surface area contributed by atoms with E-state index in [1.165, 1.54) is 0 Å². The van der Waals surface area contributed by atoms with E-state index in [9.17, 15) is 9.59 Å². The molecule has 4 heteroatoms. The van der Waals surface area contributed by atoms with Crippen molar-refractivity contribution in [1.82, 2.24) is 4.90 Å². The maximum absolute atomic E-state index is 12.8. The molecule has 22 heavy (non-hydrogen) atoms. The molecule has 2 aromatic rings. The average Bonchev–Trinajstić information content (AvgIpc) is 3.04. The van der Waals surface area contributed by atoms with Crippen LogP contribution in [0, 0.1) is 5.92 Å². The molecule has 1 amide bonds. The first-order valence-corrected chi connectivity index (χ1v) is 7.62. The zero-order valence-electron chi connectivity index (χ0n) is 12.6. The summed E-state index contributed by atoms with van der Waals surface area (Å²) in [7, 11) is 0. The fourth-order valence-electron chi connectivity index (χ4n) is 2.83. The van der Waals surface area contributed by atoms with Crippen LogP contribution in [0.25, 0.3) is 11.3 Å². The van der Waals surface area contributed by atoms with Crippen LogP contribution in [0.1, 0.15) is 40.7 Å². The Morgan fingerprint density at radius 3 is 2.59 bits per heavy atom. The van der Waals surface area contributed by atoms with Gasteiger partial charge >= 0.3 is 0 Å². The number of hydrogen-bond acceptors (Lipinski definition) is 3. The van der Waals surface area contributed by atoms with Crippen molar-refractivity contribution in [2.45, 2.75) is 19.8 Å². The van der Waals surface area contributed by atoms with Crippen molar-refractivity contribution in [3.63, 3.8) is 0 Å². The lowest BCUT2D eigenvalue weighted by molar-refractivity contribution is 0.0698. The van der Waals surface area contributed by atoms with E-state index in [1.807, 2.05) is 29.2 Å². The second kappa shape index (κ2) is 6.18. The highest BCUT2D eigenvalue weighted by Crippen LogP contribution is 2.27. The number of amides is 1. The van der Waals surface area contributed by atoms with Gasteiger partial charge in [-0.3, -0.25) is 9.59 Å². The highest BCUT2D eigenvalue weighted by Gasteiger charge is 2.24. The van der Waals surface area contributed by atoms with Crippen LogP contribution in [-0.4, -0.2) is 30.2 Å². The molecule has 114 valence electrons. The van der Waals surface area contributed by atoms with Gasteiger partial charge in [-0.1, -0.05) is 25.1 Å². The fraction of sp³-hybridized carbons (Fsp3) is 0.333. The molecule has 0 aliphatic carbocycles. The molecule has 0 N–H and O–H groups in total. The van der Waals surface area contributed by atoms with Crippen molar-refractivity contribution in [2.75, 3.05) is 13.1 Å². The van der Waals surface area contributed by atoms with Crippen LogP contribution in [0.3, 0.4) is 0 Å². The molecule has 3 rings (SSSR count). The predicted octanol–water partition coefficient (Wildman–Crippen LogP) is 3.63. The lowest BCUT2D eigenvalue weighted by Gasteiger charge is -2.30. The van der Waals surface area contributed by atoms with Crippen molar-refractivity contribution >= 4 is 12.2 Å². The summed E-state index contributed by atoms with van der Waals surface area (Å²) in [5.41, 5.74) is 1.36. The number of carbonyl (C=O) groups is 2. The van der Waals surface area contributed by atoms with Crippen molar-refractivity contribution < 1.29 is 14.0 Å². The molecular weight excluding hydrogens is 278 g/mol. The zero-order valence-corrected chi connectivity index (χ0v) is 12.6. The molecule has 1 aromatic carbocycles. The lowest BCUT2D eigenvalue weighted by Crippen LogP contribution is -2.38. The first-order chi connectivity index (χ1) is 10.7. The maximum atomic E-state index is 12.8. The third-order valence-corrected chi connectivity index (χ3v) is 4.24. The van der Waals surface area contributed by atoms with Gasteiger partial charge in [-0.05, 0) is 37.0 Å². The summed E-state index contributed by atoms with van der Waals surface area (Å²) in [5, 5.41) is 0. The van der Waals surface area contributed by atoms with E-state index < -0.39 is 0 Å². The Kier molecular flexibility index (Phi) is 4.09. The molecular formula is C18H19NO3. The van der Waals surface area contributed by atoms with Gasteiger partial charge in [-0.15, -0.1) is 0 Å². The highest BCUT2D eigenvalue weighted by atomic mass is 16.3. The second-order valence-electron chi connectivity index (χ2n) is 5.84. The Morgan fingerprint density at radius 1 is 1.18 bits per heavy atom. The monoisotopic (exact) mass is 297 g/mol. The molecule has 0 spiro atoms. The Labute approximate surface area is 129 Å². The molecule has 1 fully saturated rings. The van der Waals surface area contributed by atoms with E-state index in [0.29, 0.717) is 23.5 Å². The van der Waals surface area contributed by atoms with Gasteiger partial charge in [-0.25, -0.2) is 0 Å². The summed E-state index contributed by atoms with van der Waals surface area (Å²) in [6.45, 7) is 3.82. The largest absolute Gasteiger partial charge is 0.453 e. The minimum absolute atomic E-state index is 0.0338. The van der Waals surface area contributed by atoms with Gasteiger partial charge in [0, 0.05) is 18.7 Å². The van der Waals surface area contributed by atoms with E-state index in [2.05, 4.69) is 6.92 Å². The van der Waals surface area contributed by atoms with Gasteiger partial charge in [0.05, 0.1) is 5.56 Å². The van der Waals surface area contributed by atoms with Gasteiger partial charge in [0.1, 0.15) is 5.76 Å². The summed E-state index contributed by atoms with van der Waals surface area (Å²) in [6, 6.07) is 10.7. The number of furan rings is 1. The topological polar surface area (TPSA) is 50.5 Å². The number of likely N-dealkylation sites (tertiary alicyclic amines) is 1. The van der Waals surface area contributed by atoms with Gasteiger partial charge in [0.15, 0.2) is 12.0 Å². The van der Waals surface area contributed by atoms with E-state index in [0.717, 1.165) is 31.5 Å². The fourth-order valence-corrected chi connectivity index (χ4v) is 2.83. The third kappa shape index (κ3) is 2.82. The number of carbonyl (C=O) groups excluding carboxylic acids is 2. The lowest BCUT2D eigenvalue weighted by atomic mass is 9.97. The predicted molar refractivity (Wildman–Crippen MR) is 83.8 cm³/mol. The molecule has 1 saturated heterocycles. The molecule has 0 radical (unpaired) electrons. The molecule has 0 bridgehead atoms. The molecule has 4 nitrogen and oxygen atoms in total. The number of piperidine rings is 1. The van der Waals surface area contributed by atoms with E-state index in [-0.39, 0.29) is 11.7 Å². The van der Waals surface area contributed by atoms with Crippen molar-refractivity contribution in [3.8, 4) is 11.3 Å². The van der Waals surface area contributed by atoms with Crippen molar-refractivity contribution in [2.24, 2.45) is 5.92 Å². The van der Waals surface area contributed by atoms with E-state index >= 15 is 0 Å². The van der Waals surface area contributed by atoms with Crippen LogP contribution in [-0.2, 0) is 0 Å². The number of hydrogen-bond donors (Lipinski definition) is 0. The van der Waals surface area contributed by atoms with Crippen LogP contribution in [0.15, 0.2) is 40.8 Å². The Balaban J connectivity index is 1.90. The normalized spacial score (nSPS) is 15.8. The third-order valence-electron chi connectivity index (χ3n) is 4.24. The number of nitrogens with zero attached hydrogens (tertiary/aromatic N) is 1. The van der Waals surface area contributed by atoms with Crippen LogP contribution in [0.5, 0.6) is 0 Å². The Bertz CT molecular complexity index is 681. The molecule has 1 aromatic heterocycles. The second-order valence-corrected chi connectivity index (χ2v) is 5.84. The molecule has 0 unspecified atom stereocenters. The van der Waals surface area contributed by atoms with Crippen molar-refractivity contribution in [3.05, 3.63) is 47.7 Å². The summed E-state index contributed by atoms with van der Waals surface area (Å²) in [6.07, 6.45) is 2.76. The Morgan fingerprint density at radius 2 is 1.91 bits per heavy atom. The van der Waals surface area contributed by atoms with Gasteiger partial charge < -0.3 is 9.32 Å². The molecule has 0 atom stereocenters. The highest BCUT2D eigenvalue weighted by molar-refractivity contribution is 6.00.